The molecule has 5 rings (SSSR count). The van der Waals surface area contributed by atoms with Gasteiger partial charge in [0.2, 0.25) is 0 Å². The van der Waals surface area contributed by atoms with Gasteiger partial charge in [0.25, 0.3) is 13.3 Å². The summed E-state index contributed by atoms with van der Waals surface area (Å²) in [5.41, 5.74) is 0.583. The number of phenols is 1. The Hall–Kier alpha value is -4.36. The molecule has 0 radical (unpaired) electrons. The first-order chi connectivity index (χ1) is 22.9. The van der Waals surface area contributed by atoms with Crippen LogP contribution < -0.4 is 18.7 Å². The fraction of sp³-hybridized carbons (Fsp3) is 0.303. The predicted molar refractivity (Wildman–Crippen MR) is 178 cm³/mol. The Balaban J connectivity index is 1.35. The van der Waals surface area contributed by atoms with Gasteiger partial charge >= 0.3 is 10.3 Å². The third kappa shape index (κ3) is 8.19. The van der Waals surface area contributed by atoms with Gasteiger partial charge in [0.1, 0.15) is 22.9 Å². The van der Waals surface area contributed by atoms with Crippen LogP contribution in [0.25, 0.3) is 10.9 Å². The SMILES string of the molecule is CCCC(=O)[C@H](C)NCP(=O)(CCNS(=O)(=O)Oc1c2c(c(O)c3ncccc13)C(=O)N(Cc1ccc(F)cc1)C2)Oc1ccccc1. The maximum atomic E-state index is 13.9. The van der Waals surface area contributed by atoms with Gasteiger partial charge in [-0.05, 0) is 55.3 Å². The number of ketones is 1. The maximum absolute atomic E-state index is 13.9. The van der Waals surface area contributed by atoms with Crippen molar-refractivity contribution in [2.45, 2.75) is 45.8 Å². The second-order valence-electron chi connectivity index (χ2n) is 11.4. The maximum Gasteiger partial charge on any atom is 0.382 e. The van der Waals surface area contributed by atoms with Gasteiger partial charge in [-0.1, -0.05) is 37.3 Å². The zero-order chi connectivity index (χ0) is 34.5. The minimum Gasteiger partial charge on any atom is -0.505 e. The number of amides is 1. The number of nitrogens with zero attached hydrogens (tertiary/aromatic N) is 2. The number of aromatic hydroxyl groups is 1. The molecule has 0 saturated carbocycles. The zero-order valence-corrected chi connectivity index (χ0v) is 28.1. The van der Waals surface area contributed by atoms with Crippen molar-refractivity contribution in [2.75, 3.05) is 19.0 Å². The molecule has 254 valence electrons. The number of phenolic OH excluding ortho intramolecular Hbond substituents is 1. The molecule has 1 aromatic heterocycles. The number of Topliss-reactive ketones (excluding diaryl/α,β-unsaturated/α-hetero) is 1. The van der Waals surface area contributed by atoms with E-state index in [0.29, 0.717) is 24.2 Å². The van der Waals surface area contributed by atoms with Crippen LogP contribution in [0.2, 0.25) is 0 Å². The smallest absolute Gasteiger partial charge is 0.382 e. The summed E-state index contributed by atoms with van der Waals surface area (Å²) in [6, 6.07) is 16.4. The summed E-state index contributed by atoms with van der Waals surface area (Å²) >= 11 is 0. The van der Waals surface area contributed by atoms with Crippen molar-refractivity contribution in [3.05, 3.63) is 95.4 Å². The zero-order valence-electron chi connectivity index (χ0n) is 26.4. The lowest BCUT2D eigenvalue weighted by Crippen LogP contribution is -2.36. The number of aromatic nitrogens is 1. The van der Waals surface area contributed by atoms with E-state index in [-0.39, 0.29) is 65.6 Å². The molecule has 3 aromatic carbocycles. The monoisotopic (exact) mass is 698 g/mol. The summed E-state index contributed by atoms with van der Waals surface area (Å²) in [6.07, 6.45) is 1.98. The molecule has 0 aliphatic carbocycles. The van der Waals surface area contributed by atoms with E-state index in [9.17, 15) is 32.1 Å². The van der Waals surface area contributed by atoms with Crippen LogP contribution >= 0.6 is 7.37 Å². The normalized spacial score (nSPS) is 14.8. The van der Waals surface area contributed by atoms with Crippen LogP contribution in [0.1, 0.15) is 48.2 Å². The van der Waals surface area contributed by atoms with Crippen molar-refractivity contribution in [1.29, 1.82) is 0 Å². The predicted octanol–water partition coefficient (Wildman–Crippen LogP) is 5.11. The average Bonchev–Trinajstić information content (AvgIpc) is 3.39. The molecule has 1 aliphatic rings. The number of rotatable bonds is 16. The molecule has 4 aromatic rings. The number of nitrogens with one attached hydrogen (secondary N) is 2. The van der Waals surface area contributed by atoms with Gasteiger partial charge in [0, 0.05) is 36.7 Å². The van der Waals surface area contributed by atoms with Crippen molar-refractivity contribution in [1.82, 2.24) is 19.9 Å². The third-order valence-corrected chi connectivity index (χ3v) is 10.8. The fourth-order valence-corrected chi connectivity index (χ4v) is 8.11. The number of hydrogen-bond donors (Lipinski definition) is 3. The Kier molecular flexibility index (Phi) is 10.8. The summed E-state index contributed by atoms with van der Waals surface area (Å²) in [6.45, 7) is 3.17. The van der Waals surface area contributed by atoms with Crippen LogP contribution in [0.5, 0.6) is 17.2 Å². The fourth-order valence-electron chi connectivity index (χ4n) is 5.31. The van der Waals surface area contributed by atoms with E-state index >= 15 is 0 Å². The molecule has 0 bridgehead atoms. The van der Waals surface area contributed by atoms with Gasteiger partial charge in [-0.2, -0.15) is 13.1 Å². The molecule has 2 heterocycles. The van der Waals surface area contributed by atoms with Crippen molar-refractivity contribution in [3.8, 4) is 17.2 Å². The summed E-state index contributed by atoms with van der Waals surface area (Å²) < 4.78 is 67.8. The van der Waals surface area contributed by atoms with Gasteiger partial charge in [-0.15, -0.1) is 0 Å². The van der Waals surface area contributed by atoms with Gasteiger partial charge < -0.3 is 18.7 Å². The summed E-state index contributed by atoms with van der Waals surface area (Å²) in [5.74, 6) is -1.34. The van der Waals surface area contributed by atoms with Crippen molar-refractivity contribution in [3.63, 3.8) is 0 Å². The van der Waals surface area contributed by atoms with Gasteiger partial charge in [0.15, 0.2) is 11.5 Å². The Morgan fingerprint density at radius 2 is 1.85 bits per heavy atom. The van der Waals surface area contributed by atoms with E-state index < -0.39 is 41.2 Å². The number of hydrogen-bond acceptors (Lipinski definition) is 10. The van der Waals surface area contributed by atoms with E-state index in [1.165, 1.54) is 47.5 Å². The number of para-hydroxylation sites is 1. The minimum atomic E-state index is -4.59. The van der Waals surface area contributed by atoms with Crippen LogP contribution in [-0.4, -0.2) is 60.1 Å². The van der Waals surface area contributed by atoms with E-state index in [1.807, 2.05) is 6.92 Å². The van der Waals surface area contributed by atoms with E-state index in [0.717, 1.165) is 0 Å². The second-order valence-corrected chi connectivity index (χ2v) is 15.3. The van der Waals surface area contributed by atoms with Crippen LogP contribution in [-0.2, 0) is 32.8 Å². The topological polar surface area (TPSA) is 164 Å². The van der Waals surface area contributed by atoms with Crippen molar-refractivity contribution in [2.24, 2.45) is 0 Å². The molecule has 1 aliphatic heterocycles. The first-order valence-corrected chi connectivity index (χ1v) is 18.7. The molecule has 12 nitrogen and oxygen atoms in total. The molecule has 48 heavy (non-hydrogen) atoms. The van der Waals surface area contributed by atoms with Gasteiger partial charge in [0.05, 0.1) is 30.6 Å². The van der Waals surface area contributed by atoms with Gasteiger partial charge in [-0.25, -0.2) is 4.39 Å². The lowest BCUT2D eigenvalue weighted by molar-refractivity contribution is -0.120. The minimum absolute atomic E-state index is 0.0305. The largest absolute Gasteiger partial charge is 0.505 e. The highest BCUT2D eigenvalue weighted by Gasteiger charge is 2.37. The molecule has 0 saturated heterocycles. The number of carbonyl (C=O) groups is 2. The summed E-state index contributed by atoms with van der Waals surface area (Å²) in [4.78, 5) is 31.3. The summed E-state index contributed by atoms with van der Waals surface area (Å²) in [5, 5.41) is 14.2. The molecule has 2 atom stereocenters. The lowest BCUT2D eigenvalue weighted by atomic mass is 10.0. The van der Waals surface area contributed by atoms with Crippen LogP contribution in [0, 0.1) is 5.82 Å². The standard InChI is InChI=1S/C33H36FN4O8PS/c1-3-8-28(39)22(2)36-21-47(42,45-25-9-5-4-6-10-25)18-17-37-48(43,44)46-32-26-11-7-16-35-30(26)31(40)29-27(32)20-38(33(29)41)19-23-12-14-24(34)15-13-23/h4-7,9-16,22,36-37,40H,3,8,17-21H2,1-2H3/t22-,47?/m0/s1. The highest BCUT2D eigenvalue weighted by atomic mass is 32.2. The third-order valence-electron chi connectivity index (χ3n) is 7.78. The Morgan fingerprint density at radius 3 is 2.56 bits per heavy atom. The van der Waals surface area contributed by atoms with E-state index in [4.69, 9.17) is 8.71 Å². The first-order valence-electron chi connectivity index (χ1n) is 15.3. The molecule has 1 unspecified atom stereocenters. The van der Waals surface area contributed by atoms with Gasteiger partial charge in [-0.3, -0.25) is 24.5 Å². The van der Waals surface area contributed by atoms with Crippen molar-refractivity contribution < 1.29 is 40.8 Å². The second kappa shape index (κ2) is 14.8. The Bertz CT molecular complexity index is 1960. The number of halogens is 1. The average molecular weight is 699 g/mol. The highest BCUT2D eigenvalue weighted by Crippen LogP contribution is 2.46. The van der Waals surface area contributed by atoms with Crippen LogP contribution in [0.15, 0.2) is 72.9 Å². The molecule has 0 spiro atoms. The van der Waals surface area contributed by atoms with Crippen molar-refractivity contribution >= 4 is 40.3 Å². The molecular weight excluding hydrogens is 662 g/mol. The number of carbonyl (C=O) groups excluding carboxylic acids is 2. The number of pyridine rings is 1. The van der Waals surface area contributed by atoms with Crippen LogP contribution in [0.3, 0.4) is 0 Å². The van der Waals surface area contributed by atoms with Crippen LogP contribution in [0.4, 0.5) is 4.39 Å². The molecule has 0 fully saturated rings. The molecule has 3 N–H and O–H groups in total. The Morgan fingerprint density at radius 1 is 1.12 bits per heavy atom. The highest BCUT2D eigenvalue weighted by molar-refractivity contribution is 7.85. The first kappa shape index (κ1) is 35.0. The van der Waals surface area contributed by atoms with E-state index in [1.54, 1.807) is 37.3 Å². The Labute approximate surface area is 278 Å². The van der Waals surface area contributed by atoms with E-state index in [2.05, 4.69) is 15.0 Å². The number of fused-ring (bicyclic) bond motifs is 2. The molecule has 1 amide bonds. The molecule has 15 heteroatoms. The summed E-state index contributed by atoms with van der Waals surface area (Å²) in [7, 11) is -8.19. The number of benzene rings is 3. The lowest BCUT2D eigenvalue weighted by Gasteiger charge is -2.22. The molecular formula is C33H36FN4O8PS. The quantitative estimate of drug-likeness (QED) is 0.134.